The first-order valence-electron chi connectivity index (χ1n) is 8.01. The second-order valence-electron chi connectivity index (χ2n) is 5.56. The van der Waals surface area contributed by atoms with Gasteiger partial charge in [0.25, 0.3) is 0 Å². The summed E-state index contributed by atoms with van der Waals surface area (Å²) in [6, 6.07) is 10.5. The summed E-state index contributed by atoms with van der Waals surface area (Å²) in [5.74, 6) is -1.38. The van der Waals surface area contributed by atoms with Gasteiger partial charge >= 0.3 is 6.03 Å². The largest absolute Gasteiger partial charge is 0.337 e. The molecule has 4 N–H and O–H groups in total. The zero-order valence-electron chi connectivity index (χ0n) is 14.4. The van der Waals surface area contributed by atoms with Gasteiger partial charge in [-0.3, -0.25) is 9.59 Å². The van der Waals surface area contributed by atoms with Crippen LogP contribution in [0.5, 0.6) is 0 Å². The minimum Gasteiger partial charge on any atom is -0.337 e. The normalized spacial score (nSPS) is 10.0. The standard InChI is InChI=1S/C18H18BrFN4O3/c1-11(25)22-16-10-14(6-7-15(16)20)23-17(26)8-9-21-18(27)24-13-4-2-12(19)3-5-13/h2-7,10H,8-9H2,1H3,(H,22,25)(H,23,26)(H2,21,24,27). The SMILES string of the molecule is CC(=O)Nc1cc(NC(=O)CCNC(=O)Nc2ccc(Br)cc2)ccc1F. The molecule has 0 fully saturated rings. The summed E-state index contributed by atoms with van der Waals surface area (Å²) in [7, 11) is 0. The molecule has 0 aliphatic heterocycles. The zero-order chi connectivity index (χ0) is 19.8. The Balaban J connectivity index is 1.78. The van der Waals surface area contributed by atoms with Crippen LogP contribution in [-0.2, 0) is 9.59 Å². The third-order valence-corrected chi connectivity index (χ3v) is 3.83. The van der Waals surface area contributed by atoms with Crippen LogP contribution in [0.2, 0.25) is 0 Å². The lowest BCUT2D eigenvalue weighted by molar-refractivity contribution is -0.116. The van der Waals surface area contributed by atoms with E-state index in [0.717, 1.165) is 10.5 Å². The van der Waals surface area contributed by atoms with Gasteiger partial charge in [-0.2, -0.15) is 0 Å². The molecule has 0 aromatic heterocycles. The van der Waals surface area contributed by atoms with Crippen LogP contribution in [0.4, 0.5) is 26.2 Å². The van der Waals surface area contributed by atoms with E-state index in [1.807, 2.05) is 0 Å². The lowest BCUT2D eigenvalue weighted by atomic mass is 10.2. The van der Waals surface area contributed by atoms with Crippen molar-refractivity contribution < 1.29 is 18.8 Å². The monoisotopic (exact) mass is 436 g/mol. The summed E-state index contributed by atoms with van der Waals surface area (Å²) in [6.07, 6.45) is 0.0284. The zero-order valence-corrected chi connectivity index (χ0v) is 16.0. The molecule has 27 heavy (non-hydrogen) atoms. The first kappa shape index (κ1) is 20.4. The molecule has 0 bridgehead atoms. The van der Waals surface area contributed by atoms with Gasteiger partial charge in [-0.05, 0) is 42.5 Å². The van der Waals surface area contributed by atoms with Gasteiger partial charge in [0.1, 0.15) is 5.82 Å². The second-order valence-corrected chi connectivity index (χ2v) is 6.48. The number of hydrogen-bond acceptors (Lipinski definition) is 3. The maximum atomic E-state index is 13.6. The minimum absolute atomic E-state index is 0.0210. The fourth-order valence-corrected chi connectivity index (χ4v) is 2.37. The van der Waals surface area contributed by atoms with Crippen molar-refractivity contribution in [1.29, 1.82) is 0 Å². The number of rotatable bonds is 6. The number of nitrogens with one attached hydrogen (secondary N) is 4. The van der Waals surface area contributed by atoms with E-state index in [1.165, 1.54) is 19.1 Å². The van der Waals surface area contributed by atoms with Crippen molar-refractivity contribution in [2.24, 2.45) is 0 Å². The smallest absolute Gasteiger partial charge is 0.319 e. The van der Waals surface area contributed by atoms with Crippen molar-refractivity contribution in [2.75, 3.05) is 22.5 Å². The molecule has 0 heterocycles. The van der Waals surface area contributed by atoms with E-state index in [0.29, 0.717) is 11.4 Å². The highest BCUT2D eigenvalue weighted by molar-refractivity contribution is 9.10. The van der Waals surface area contributed by atoms with Crippen molar-refractivity contribution in [2.45, 2.75) is 13.3 Å². The van der Waals surface area contributed by atoms with Gasteiger partial charge in [0.05, 0.1) is 5.69 Å². The fraction of sp³-hybridized carbons (Fsp3) is 0.167. The molecule has 2 aromatic carbocycles. The summed E-state index contributed by atoms with van der Waals surface area (Å²) in [6.45, 7) is 1.38. The molecule has 2 aromatic rings. The second kappa shape index (κ2) is 9.67. The Hall–Kier alpha value is -2.94. The molecular formula is C18H18BrFN4O3. The first-order chi connectivity index (χ1) is 12.8. The summed E-state index contributed by atoms with van der Waals surface area (Å²) < 4.78 is 14.5. The molecule has 9 heteroatoms. The van der Waals surface area contributed by atoms with E-state index in [2.05, 4.69) is 37.2 Å². The molecule has 2 rings (SSSR count). The van der Waals surface area contributed by atoms with Gasteiger partial charge in [0.15, 0.2) is 0 Å². The Morgan fingerprint density at radius 1 is 0.963 bits per heavy atom. The molecule has 0 radical (unpaired) electrons. The van der Waals surface area contributed by atoms with Crippen LogP contribution in [0.1, 0.15) is 13.3 Å². The van der Waals surface area contributed by atoms with Crippen LogP contribution in [0.25, 0.3) is 0 Å². The van der Waals surface area contributed by atoms with Gasteiger partial charge < -0.3 is 21.3 Å². The van der Waals surface area contributed by atoms with E-state index in [1.54, 1.807) is 24.3 Å². The maximum Gasteiger partial charge on any atom is 0.319 e. The number of anilines is 3. The highest BCUT2D eigenvalue weighted by Crippen LogP contribution is 2.19. The third kappa shape index (κ3) is 7.06. The van der Waals surface area contributed by atoms with E-state index < -0.39 is 17.8 Å². The quantitative estimate of drug-likeness (QED) is 0.555. The number of halogens is 2. The molecule has 0 saturated heterocycles. The Labute approximate surface area is 163 Å². The average molecular weight is 437 g/mol. The van der Waals surface area contributed by atoms with E-state index in [-0.39, 0.29) is 24.6 Å². The molecule has 142 valence electrons. The van der Waals surface area contributed by atoms with E-state index in [9.17, 15) is 18.8 Å². The van der Waals surface area contributed by atoms with Crippen molar-refractivity contribution in [1.82, 2.24) is 5.32 Å². The van der Waals surface area contributed by atoms with Gasteiger partial charge in [0, 0.05) is 35.7 Å². The highest BCUT2D eigenvalue weighted by Gasteiger charge is 2.08. The number of carbonyl (C=O) groups is 3. The van der Waals surface area contributed by atoms with Crippen LogP contribution in [0.15, 0.2) is 46.9 Å². The van der Waals surface area contributed by atoms with Gasteiger partial charge in [-0.15, -0.1) is 0 Å². The molecule has 0 aliphatic carbocycles. The van der Waals surface area contributed by atoms with Crippen LogP contribution in [-0.4, -0.2) is 24.4 Å². The predicted octanol–water partition coefficient (Wildman–Crippen LogP) is 3.70. The maximum absolute atomic E-state index is 13.6. The number of benzene rings is 2. The summed E-state index contributed by atoms with van der Waals surface area (Å²) in [5, 5.41) is 10.1. The van der Waals surface area contributed by atoms with Crippen molar-refractivity contribution in [3.63, 3.8) is 0 Å². The first-order valence-corrected chi connectivity index (χ1v) is 8.80. The Bertz CT molecular complexity index is 843. The lowest BCUT2D eigenvalue weighted by Crippen LogP contribution is -2.31. The van der Waals surface area contributed by atoms with Gasteiger partial charge in [-0.25, -0.2) is 9.18 Å². The lowest BCUT2D eigenvalue weighted by Gasteiger charge is -2.10. The molecule has 7 nitrogen and oxygen atoms in total. The summed E-state index contributed by atoms with van der Waals surface area (Å²) in [4.78, 5) is 34.8. The molecule has 0 spiro atoms. The molecule has 4 amide bonds. The molecular weight excluding hydrogens is 419 g/mol. The number of hydrogen-bond donors (Lipinski definition) is 4. The summed E-state index contributed by atoms with van der Waals surface area (Å²) in [5.41, 5.74) is 0.939. The highest BCUT2D eigenvalue weighted by atomic mass is 79.9. The van der Waals surface area contributed by atoms with Crippen LogP contribution in [0, 0.1) is 5.82 Å². The van der Waals surface area contributed by atoms with Gasteiger partial charge in [0.2, 0.25) is 11.8 Å². The number of carbonyl (C=O) groups excluding carboxylic acids is 3. The van der Waals surface area contributed by atoms with Crippen molar-refractivity contribution >= 4 is 50.8 Å². The third-order valence-electron chi connectivity index (χ3n) is 3.30. The Kier molecular flexibility index (Phi) is 7.30. The fourth-order valence-electron chi connectivity index (χ4n) is 2.11. The molecule has 0 aliphatic rings. The topological polar surface area (TPSA) is 99.3 Å². The van der Waals surface area contributed by atoms with Crippen LogP contribution >= 0.6 is 15.9 Å². The predicted molar refractivity (Wildman–Crippen MR) is 105 cm³/mol. The van der Waals surface area contributed by atoms with Crippen molar-refractivity contribution in [3.05, 3.63) is 52.8 Å². The minimum atomic E-state index is -0.602. The number of amides is 4. The van der Waals surface area contributed by atoms with E-state index >= 15 is 0 Å². The molecule has 0 atom stereocenters. The molecule has 0 saturated carbocycles. The van der Waals surface area contributed by atoms with Crippen molar-refractivity contribution in [3.8, 4) is 0 Å². The Morgan fingerprint density at radius 3 is 2.30 bits per heavy atom. The van der Waals surface area contributed by atoms with Crippen LogP contribution < -0.4 is 21.3 Å². The summed E-state index contributed by atoms with van der Waals surface area (Å²) >= 11 is 3.30. The van der Waals surface area contributed by atoms with E-state index in [4.69, 9.17) is 0 Å². The van der Waals surface area contributed by atoms with Crippen LogP contribution in [0.3, 0.4) is 0 Å². The Morgan fingerprint density at radius 2 is 1.63 bits per heavy atom. The molecule has 0 unspecified atom stereocenters. The average Bonchev–Trinajstić information content (AvgIpc) is 2.59. The van der Waals surface area contributed by atoms with Gasteiger partial charge in [-0.1, -0.05) is 15.9 Å². The number of urea groups is 1.